The van der Waals surface area contributed by atoms with E-state index in [0.29, 0.717) is 30.6 Å². The van der Waals surface area contributed by atoms with Gasteiger partial charge in [-0.05, 0) is 68.4 Å². The molecule has 0 aliphatic rings. The normalized spacial score (nSPS) is 11.7. The average Bonchev–Trinajstić information content (AvgIpc) is 2.73. The summed E-state index contributed by atoms with van der Waals surface area (Å²) in [6, 6.07) is 16.3. The maximum Gasteiger partial charge on any atom is 0.416 e. The number of nitrogens with one attached hydrogen (secondary N) is 3. The average molecular weight is 473 g/mol. The van der Waals surface area contributed by atoms with Gasteiger partial charge >= 0.3 is 6.18 Å². The number of aromatic nitrogens is 2. The molecule has 0 radical (unpaired) electrons. The Morgan fingerprint density at radius 1 is 0.939 bits per heavy atom. The number of halogens is 3. The van der Waals surface area contributed by atoms with Gasteiger partial charge in [0, 0.05) is 23.6 Å². The Kier molecular flexibility index (Phi) is 7.94. The third kappa shape index (κ3) is 7.83. The summed E-state index contributed by atoms with van der Waals surface area (Å²) in [6.07, 6.45) is -3.69. The summed E-state index contributed by atoms with van der Waals surface area (Å²) in [6.45, 7) is 4.18. The Hall–Kier alpha value is -3.53. The fourth-order valence-corrected chi connectivity index (χ4v) is 3.17. The van der Waals surface area contributed by atoms with Crippen LogP contribution in [0, 0.1) is 13.8 Å². The van der Waals surface area contributed by atoms with Crippen LogP contribution in [-0.2, 0) is 12.6 Å². The number of nitrogens with zero attached hydrogens (tertiary/aromatic N) is 3. The zero-order valence-corrected chi connectivity index (χ0v) is 18.9. The van der Waals surface area contributed by atoms with E-state index in [1.54, 1.807) is 0 Å². The number of anilines is 2. The highest BCUT2D eigenvalue weighted by Crippen LogP contribution is 2.29. The summed E-state index contributed by atoms with van der Waals surface area (Å²) >= 11 is 5.32. The summed E-state index contributed by atoms with van der Waals surface area (Å²) in [5.74, 6) is 0.677. The van der Waals surface area contributed by atoms with E-state index in [1.165, 1.54) is 12.1 Å². The predicted molar refractivity (Wildman–Crippen MR) is 128 cm³/mol. The van der Waals surface area contributed by atoms with Gasteiger partial charge in [0.25, 0.3) is 0 Å². The predicted octanol–water partition coefficient (Wildman–Crippen LogP) is 5.11. The minimum absolute atomic E-state index is 0.157. The Bertz CT molecular complexity index is 1100. The second kappa shape index (κ2) is 10.9. The van der Waals surface area contributed by atoms with E-state index in [1.807, 2.05) is 50.2 Å². The van der Waals surface area contributed by atoms with Crippen molar-refractivity contribution in [2.45, 2.75) is 26.4 Å². The molecule has 0 unspecified atom stereocenters. The second-order valence-electron chi connectivity index (χ2n) is 7.22. The van der Waals surface area contributed by atoms with Crippen molar-refractivity contribution < 1.29 is 13.2 Å². The topological polar surface area (TPSA) is 74.2 Å². The Morgan fingerprint density at radius 2 is 1.58 bits per heavy atom. The maximum atomic E-state index is 12.8. The number of guanidine groups is 1. The lowest BCUT2D eigenvalue weighted by molar-refractivity contribution is -0.137. The molecular weight excluding hydrogens is 449 g/mol. The zero-order valence-electron chi connectivity index (χ0n) is 18.1. The third-order valence-electron chi connectivity index (χ3n) is 4.43. The van der Waals surface area contributed by atoms with E-state index in [9.17, 15) is 13.2 Å². The van der Waals surface area contributed by atoms with Crippen molar-refractivity contribution >= 4 is 34.9 Å². The summed E-state index contributed by atoms with van der Waals surface area (Å²) in [5, 5.41) is 8.99. The lowest BCUT2D eigenvalue weighted by atomic mass is 10.2. The van der Waals surface area contributed by atoms with Crippen LogP contribution in [0.3, 0.4) is 0 Å². The van der Waals surface area contributed by atoms with Crippen molar-refractivity contribution in [1.82, 2.24) is 15.3 Å². The maximum absolute atomic E-state index is 12.8. The van der Waals surface area contributed by atoms with Crippen LogP contribution in [0.2, 0.25) is 0 Å². The summed E-state index contributed by atoms with van der Waals surface area (Å²) in [4.78, 5) is 13.2. The third-order valence-corrected chi connectivity index (χ3v) is 4.63. The van der Waals surface area contributed by atoms with Gasteiger partial charge in [0.2, 0.25) is 11.9 Å². The molecule has 1 heterocycles. The quantitative estimate of drug-likeness (QED) is 0.272. The van der Waals surface area contributed by atoms with Gasteiger partial charge in [-0.2, -0.15) is 13.2 Å². The first kappa shape index (κ1) is 24.1. The van der Waals surface area contributed by atoms with Crippen LogP contribution < -0.4 is 16.0 Å². The standard InChI is InChI=1S/C23H23F3N6S/c1-15-14-16(2)29-21(28-15)31-20(27-13-12-17-6-4-3-5-7-17)32-22(33)30-19-10-8-18(9-11-19)23(24,25)26/h3-11,14H,12-13H2,1-2H3,(H3,27,28,29,30,31,32,33). The highest BCUT2D eigenvalue weighted by Gasteiger charge is 2.29. The van der Waals surface area contributed by atoms with Gasteiger partial charge in [-0.25, -0.2) is 9.97 Å². The molecule has 0 aliphatic heterocycles. The fraction of sp³-hybridized carbons (Fsp3) is 0.217. The van der Waals surface area contributed by atoms with E-state index >= 15 is 0 Å². The highest BCUT2D eigenvalue weighted by atomic mass is 32.1. The second-order valence-corrected chi connectivity index (χ2v) is 7.63. The van der Waals surface area contributed by atoms with E-state index in [4.69, 9.17) is 12.2 Å². The van der Waals surface area contributed by atoms with Gasteiger partial charge in [0.1, 0.15) is 0 Å². The number of aliphatic imine (C=N–C) groups is 1. The molecule has 0 fully saturated rings. The number of hydrogen-bond acceptors (Lipinski definition) is 4. The van der Waals surface area contributed by atoms with Gasteiger partial charge in [-0.1, -0.05) is 30.3 Å². The number of aryl methyl sites for hydroxylation is 2. The molecular formula is C23H23F3N6S. The minimum Gasteiger partial charge on any atom is -0.332 e. The lowest BCUT2D eigenvalue weighted by Gasteiger charge is -2.15. The lowest BCUT2D eigenvalue weighted by Crippen LogP contribution is -2.39. The largest absolute Gasteiger partial charge is 0.416 e. The molecule has 0 saturated carbocycles. The van der Waals surface area contributed by atoms with Gasteiger partial charge < -0.3 is 10.6 Å². The summed E-state index contributed by atoms with van der Waals surface area (Å²) in [5.41, 5.74) is 2.39. The number of thiocarbonyl (C=S) groups is 1. The SMILES string of the molecule is Cc1cc(C)nc(NC(=NCCc2ccccc2)NC(=S)Nc2ccc(C(F)(F)F)cc2)n1. The molecule has 172 valence electrons. The number of rotatable bonds is 5. The van der Waals surface area contributed by atoms with Crippen molar-refractivity contribution in [3.63, 3.8) is 0 Å². The van der Waals surface area contributed by atoms with E-state index in [0.717, 1.165) is 29.1 Å². The van der Waals surface area contributed by atoms with E-state index in [-0.39, 0.29) is 5.11 Å². The van der Waals surface area contributed by atoms with Crippen molar-refractivity contribution in [1.29, 1.82) is 0 Å². The molecule has 0 atom stereocenters. The van der Waals surface area contributed by atoms with Crippen LogP contribution in [0.5, 0.6) is 0 Å². The highest BCUT2D eigenvalue weighted by molar-refractivity contribution is 7.80. The minimum atomic E-state index is -4.40. The van der Waals surface area contributed by atoms with Crippen LogP contribution in [0.4, 0.5) is 24.8 Å². The monoisotopic (exact) mass is 472 g/mol. The molecule has 1 aromatic heterocycles. The molecule has 10 heteroatoms. The van der Waals surface area contributed by atoms with E-state index in [2.05, 4.69) is 30.9 Å². The summed E-state index contributed by atoms with van der Waals surface area (Å²) in [7, 11) is 0. The molecule has 6 nitrogen and oxygen atoms in total. The zero-order chi connectivity index (χ0) is 23.8. The van der Waals surface area contributed by atoms with Gasteiger partial charge in [-0.15, -0.1) is 0 Å². The van der Waals surface area contributed by atoms with Crippen molar-refractivity contribution in [3.8, 4) is 0 Å². The van der Waals surface area contributed by atoms with Gasteiger partial charge in [0.15, 0.2) is 5.11 Å². The Balaban J connectivity index is 1.70. The molecule has 0 spiro atoms. The Morgan fingerprint density at radius 3 is 2.18 bits per heavy atom. The van der Waals surface area contributed by atoms with Crippen molar-refractivity contribution in [2.24, 2.45) is 4.99 Å². The molecule has 3 rings (SSSR count). The molecule has 0 aliphatic carbocycles. The summed E-state index contributed by atoms with van der Waals surface area (Å²) < 4.78 is 38.3. The van der Waals surface area contributed by atoms with Crippen LogP contribution in [-0.4, -0.2) is 27.6 Å². The van der Waals surface area contributed by atoms with Crippen LogP contribution in [0.1, 0.15) is 22.5 Å². The first-order chi connectivity index (χ1) is 15.7. The molecule has 0 bridgehead atoms. The molecule has 33 heavy (non-hydrogen) atoms. The molecule has 2 aromatic carbocycles. The van der Waals surface area contributed by atoms with Gasteiger partial charge in [-0.3, -0.25) is 10.3 Å². The smallest absolute Gasteiger partial charge is 0.332 e. The van der Waals surface area contributed by atoms with E-state index < -0.39 is 11.7 Å². The molecule has 0 amide bonds. The number of hydrogen-bond donors (Lipinski definition) is 3. The van der Waals surface area contributed by atoms with Gasteiger partial charge in [0.05, 0.1) is 5.56 Å². The fourth-order valence-electron chi connectivity index (χ4n) is 2.95. The van der Waals surface area contributed by atoms with Crippen LogP contribution in [0.25, 0.3) is 0 Å². The molecule has 0 saturated heterocycles. The van der Waals surface area contributed by atoms with Crippen molar-refractivity contribution in [2.75, 3.05) is 17.2 Å². The number of benzene rings is 2. The van der Waals surface area contributed by atoms with Crippen LogP contribution in [0.15, 0.2) is 65.7 Å². The van der Waals surface area contributed by atoms with Crippen LogP contribution >= 0.6 is 12.2 Å². The first-order valence-corrected chi connectivity index (χ1v) is 10.5. The first-order valence-electron chi connectivity index (χ1n) is 10.1. The molecule has 3 N–H and O–H groups in total. The van der Waals surface area contributed by atoms with Crippen molar-refractivity contribution in [3.05, 3.63) is 83.2 Å². The Labute approximate surface area is 195 Å². The number of alkyl halides is 3. The molecule has 3 aromatic rings.